The van der Waals surface area contributed by atoms with Crippen LogP contribution in [0.5, 0.6) is 0 Å². The summed E-state index contributed by atoms with van der Waals surface area (Å²) in [5.74, 6) is -0.745. The lowest BCUT2D eigenvalue weighted by atomic mass is 10.1. The Labute approximate surface area is 105 Å². The summed E-state index contributed by atoms with van der Waals surface area (Å²) in [7, 11) is 0. The van der Waals surface area contributed by atoms with Crippen molar-refractivity contribution in [3.05, 3.63) is 35.9 Å². The van der Waals surface area contributed by atoms with E-state index in [1.54, 1.807) is 6.92 Å². The van der Waals surface area contributed by atoms with Crippen molar-refractivity contribution in [3.63, 3.8) is 0 Å². The maximum atomic E-state index is 9.37. The third kappa shape index (κ3) is 11.0. The van der Waals surface area contributed by atoms with Gasteiger partial charge in [0.25, 0.3) is 0 Å². The van der Waals surface area contributed by atoms with Gasteiger partial charge in [0.15, 0.2) is 0 Å². The van der Waals surface area contributed by atoms with Gasteiger partial charge < -0.3 is 5.11 Å². The first-order valence-electron chi connectivity index (χ1n) is 6.46. The Kier molecular flexibility index (Phi) is 10.3. The van der Waals surface area contributed by atoms with Crippen LogP contribution < -0.4 is 0 Å². The summed E-state index contributed by atoms with van der Waals surface area (Å²) in [5, 5.41) is 7.72. The molecule has 0 aromatic heterocycles. The largest absolute Gasteiger partial charge is 0.481 e. The molecule has 2 heteroatoms. The SMILES string of the molecule is CCC(=O)O.CCCCCCc1ccccc1. The highest BCUT2D eigenvalue weighted by Crippen LogP contribution is 2.06. The van der Waals surface area contributed by atoms with Crippen LogP contribution in [0, 0.1) is 0 Å². The molecule has 0 unspecified atom stereocenters. The molecule has 0 heterocycles. The van der Waals surface area contributed by atoms with E-state index in [0.717, 1.165) is 0 Å². The zero-order valence-electron chi connectivity index (χ0n) is 11.0. The minimum Gasteiger partial charge on any atom is -0.481 e. The molecule has 0 atom stereocenters. The molecular formula is C15H24O2. The quantitative estimate of drug-likeness (QED) is 0.748. The fourth-order valence-corrected chi connectivity index (χ4v) is 1.40. The highest BCUT2D eigenvalue weighted by atomic mass is 16.4. The first kappa shape index (κ1) is 15.7. The van der Waals surface area contributed by atoms with Crippen LogP contribution in [-0.4, -0.2) is 11.1 Å². The predicted molar refractivity (Wildman–Crippen MR) is 72.2 cm³/mol. The van der Waals surface area contributed by atoms with E-state index in [9.17, 15) is 4.79 Å². The van der Waals surface area contributed by atoms with E-state index in [4.69, 9.17) is 5.11 Å². The summed E-state index contributed by atoms with van der Waals surface area (Å²) in [6.07, 6.45) is 6.91. The summed E-state index contributed by atoms with van der Waals surface area (Å²) in [4.78, 5) is 9.37. The van der Waals surface area contributed by atoms with Crippen molar-refractivity contribution in [2.45, 2.75) is 52.4 Å². The lowest BCUT2D eigenvalue weighted by Gasteiger charge is -1.99. The topological polar surface area (TPSA) is 37.3 Å². The number of carbonyl (C=O) groups is 1. The Balaban J connectivity index is 0.000000437. The molecule has 96 valence electrons. The van der Waals surface area contributed by atoms with Gasteiger partial charge in [-0.1, -0.05) is 63.4 Å². The number of hydrogen-bond acceptors (Lipinski definition) is 1. The molecule has 0 saturated carbocycles. The molecule has 17 heavy (non-hydrogen) atoms. The molecule has 0 fully saturated rings. The maximum absolute atomic E-state index is 9.37. The summed E-state index contributed by atoms with van der Waals surface area (Å²) in [6, 6.07) is 10.7. The predicted octanol–water partition coefficient (Wildman–Crippen LogP) is 4.29. The fourth-order valence-electron chi connectivity index (χ4n) is 1.40. The molecule has 0 aliphatic heterocycles. The molecule has 1 rings (SSSR count). The molecule has 0 saturated heterocycles. The number of hydrogen-bond donors (Lipinski definition) is 1. The van der Waals surface area contributed by atoms with E-state index in [2.05, 4.69) is 37.3 Å². The highest BCUT2D eigenvalue weighted by Gasteiger charge is 1.90. The standard InChI is InChI=1S/C12H18.C3H6O2/c1-2-3-4-6-9-12-10-7-5-8-11-12;1-2-3(4)5/h5,7-8,10-11H,2-4,6,9H2,1H3;2H2,1H3,(H,4,5). The van der Waals surface area contributed by atoms with Crippen LogP contribution >= 0.6 is 0 Å². The highest BCUT2D eigenvalue weighted by molar-refractivity contribution is 5.66. The second kappa shape index (κ2) is 11.2. The summed E-state index contributed by atoms with van der Waals surface area (Å²) in [6.45, 7) is 3.85. The lowest BCUT2D eigenvalue weighted by molar-refractivity contribution is -0.136. The van der Waals surface area contributed by atoms with Gasteiger partial charge in [0, 0.05) is 6.42 Å². The smallest absolute Gasteiger partial charge is 0.303 e. The van der Waals surface area contributed by atoms with E-state index < -0.39 is 5.97 Å². The van der Waals surface area contributed by atoms with Crippen molar-refractivity contribution in [1.29, 1.82) is 0 Å². The van der Waals surface area contributed by atoms with Crippen LogP contribution in [0.3, 0.4) is 0 Å². The van der Waals surface area contributed by atoms with Crippen LogP contribution in [-0.2, 0) is 11.2 Å². The molecule has 1 N–H and O–H groups in total. The zero-order chi connectivity index (χ0) is 12.9. The van der Waals surface area contributed by atoms with E-state index in [0.29, 0.717) is 0 Å². The van der Waals surface area contributed by atoms with E-state index >= 15 is 0 Å². The van der Waals surface area contributed by atoms with Gasteiger partial charge in [-0.15, -0.1) is 0 Å². The molecule has 1 aromatic carbocycles. The van der Waals surface area contributed by atoms with Gasteiger partial charge >= 0.3 is 5.97 Å². The first-order chi connectivity index (χ1) is 8.20. The van der Waals surface area contributed by atoms with Gasteiger partial charge in [-0.05, 0) is 18.4 Å². The molecule has 0 amide bonds. The molecule has 0 aliphatic carbocycles. The summed E-state index contributed by atoms with van der Waals surface area (Å²) < 4.78 is 0. The number of aliphatic carboxylic acids is 1. The average molecular weight is 236 g/mol. The summed E-state index contributed by atoms with van der Waals surface area (Å²) >= 11 is 0. The van der Waals surface area contributed by atoms with Crippen molar-refractivity contribution in [2.75, 3.05) is 0 Å². The van der Waals surface area contributed by atoms with Crippen molar-refractivity contribution >= 4 is 5.97 Å². The van der Waals surface area contributed by atoms with Crippen LogP contribution in [0.25, 0.3) is 0 Å². The van der Waals surface area contributed by atoms with Crippen LogP contribution in [0.1, 0.15) is 51.5 Å². The number of carboxylic acid groups (broad SMARTS) is 1. The fraction of sp³-hybridized carbons (Fsp3) is 0.533. The Morgan fingerprint density at radius 1 is 1.06 bits per heavy atom. The van der Waals surface area contributed by atoms with Crippen molar-refractivity contribution in [2.24, 2.45) is 0 Å². The van der Waals surface area contributed by atoms with E-state index in [1.165, 1.54) is 37.7 Å². The maximum Gasteiger partial charge on any atom is 0.303 e. The Bertz CT molecular complexity index is 280. The van der Waals surface area contributed by atoms with Crippen LogP contribution in [0.4, 0.5) is 0 Å². The molecular weight excluding hydrogens is 212 g/mol. The molecule has 0 spiro atoms. The number of rotatable bonds is 6. The van der Waals surface area contributed by atoms with E-state index in [-0.39, 0.29) is 6.42 Å². The van der Waals surface area contributed by atoms with Crippen molar-refractivity contribution in [1.82, 2.24) is 0 Å². The van der Waals surface area contributed by atoms with Gasteiger partial charge in [-0.3, -0.25) is 4.79 Å². The Morgan fingerprint density at radius 2 is 1.65 bits per heavy atom. The Hall–Kier alpha value is -1.31. The number of benzene rings is 1. The molecule has 1 aromatic rings. The van der Waals surface area contributed by atoms with Crippen LogP contribution in [0.2, 0.25) is 0 Å². The lowest BCUT2D eigenvalue weighted by Crippen LogP contribution is -1.86. The third-order valence-electron chi connectivity index (χ3n) is 2.46. The molecule has 2 nitrogen and oxygen atoms in total. The molecule has 0 radical (unpaired) electrons. The Morgan fingerprint density at radius 3 is 2.12 bits per heavy atom. The number of aryl methyl sites for hydroxylation is 1. The zero-order valence-corrected chi connectivity index (χ0v) is 11.0. The summed E-state index contributed by atoms with van der Waals surface area (Å²) in [5.41, 5.74) is 1.48. The van der Waals surface area contributed by atoms with Crippen molar-refractivity contribution in [3.8, 4) is 0 Å². The average Bonchev–Trinajstić information content (AvgIpc) is 2.37. The molecule has 0 aliphatic rings. The first-order valence-corrected chi connectivity index (χ1v) is 6.46. The molecule has 0 bridgehead atoms. The van der Waals surface area contributed by atoms with Gasteiger partial charge in [-0.25, -0.2) is 0 Å². The van der Waals surface area contributed by atoms with Gasteiger partial charge in [0.05, 0.1) is 0 Å². The monoisotopic (exact) mass is 236 g/mol. The number of unbranched alkanes of at least 4 members (excludes halogenated alkanes) is 3. The van der Waals surface area contributed by atoms with Gasteiger partial charge in [0.1, 0.15) is 0 Å². The normalized spacial score (nSPS) is 9.29. The minimum atomic E-state index is -0.745. The second-order valence-electron chi connectivity index (χ2n) is 4.04. The number of carboxylic acids is 1. The van der Waals surface area contributed by atoms with Gasteiger partial charge in [-0.2, -0.15) is 0 Å². The van der Waals surface area contributed by atoms with Crippen LogP contribution in [0.15, 0.2) is 30.3 Å². The van der Waals surface area contributed by atoms with Gasteiger partial charge in [0.2, 0.25) is 0 Å². The minimum absolute atomic E-state index is 0.222. The van der Waals surface area contributed by atoms with Crippen molar-refractivity contribution < 1.29 is 9.90 Å². The van der Waals surface area contributed by atoms with E-state index in [1.807, 2.05) is 0 Å². The third-order valence-corrected chi connectivity index (χ3v) is 2.46. The second-order valence-corrected chi connectivity index (χ2v) is 4.04.